The number of aliphatic imine (C=N–C) groups is 1. The second-order valence-electron chi connectivity index (χ2n) is 6.02. The van der Waals surface area contributed by atoms with Crippen molar-refractivity contribution in [2.45, 2.75) is 57.2 Å². The molecule has 0 aromatic heterocycles. The van der Waals surface area contributed by atoms with E-state index < -0.39 is 0 Å². The molecule has 0 saturated carbocycles. The number of amides is 1. The zero-order valence-electron chi connectivity index (χ0n) is 11.2. The summed E-state index contributed by atoms with van der Waals surface area (Å²) in [5.41, 5.74) is -0.390. The molecule has 0 radical (unpaired) electrons. The van der Waals surface area contributed by atoms with Gasteiger partial charge < -0.3 is 10.2 Å². The highest BCUT2D eigenvalue weighted by atomic mass is 16.2. The standard InChI is InChI=1S/C13H22N4O/c1-9(2)14-12-15-11(18)13(16-12)5-7-17-6-3-4-10(17)8-13/h9-10H,3-8H2,1-2H3,(H2,14,15,16,18). The molecule has 5 heteroatoms. The molecular weight excluding hydrogens is 228 g/mol. The lowest BCUT2D eigenvalue weighted by Crippen LogP contribution is -2.57. The summed E-state index contributed by atoms with van der Waals surface area (Å²) in [6, 6.07) is 0.782. The van der Waals surface area contributed by atoms with E-state index in [1.807, 2.05) is 13.8 Å². The summed E-state index contributed by atoms with van der Waals surface area (Å²) >= 11 is 0. The summed E-state index contributed by atoms with van der Waals surface area (Å²) in [5, 5.41) is 6.27. The van der Waals surface area contributed by atoms with Crippen molar-refractivity contribution in [3.8, 4) is 0 Å². The molecule has 3 rings (SSSR count). The Labute approximate surface area is 108 Å². The van der Waals surface area contributed by atoms with E-state index in [4.69, 9.17) is 0 Å². The molecule has 2 unspecified atom stereocenters. The number of nitrogens with one attached hydrogen (secondary N) is 2. The summed E-state index contributed by atoms with van der Waals surface area (Å²) in [6.07, 6.45) is 4.32. The quantitative estimate of drug-likeness (QED) is 0.711. The van der Waals surface area contributed by atoms with Gasteiger partial charge in [0, 0.05) is 18.6 Å². The van der Waals surface area contributed by atoms with Crippen molar-refractivity contribution >= 4 is 11.9 Å². The van der Waals surface area contributed by atoms with Crippen molar-refractivity contribution in [2.75, 3.05) is 13.1 Å². The lowest BCUT2D eigenvalue weighted by Gasteiger charge is -2.39. The van der Waals surface area contributed by atoms with E-state index in [-0.39, 0.29) is 17.5 Å². The Morgan fingerprint density at radius 1 is 1.44 bits per heavy atom. The van der Waals surface area contributed by atoms with Crippen LogP contribution in [0.3, 0.4) is 0 Å². The minimum atomic E-state index is -0.390. The van der Waals surface area contributed by atoms with E-state index in [1.165, 1.54) is 19.4 Å². The molecule has 0 bridgehead atoms. The summed E-state index contributed by atoms with van der Waals surface area (Å²) in [7, 11) is 0. The summed E-state index contributed by atoms with van der Waals surface area (Å²) in [4.78, 5) is 19.2. The fourth-order valence-corrected chi connectivity index (χ4v) is 3.44. The van der Waals surface area contributed by atoms with Gasteiger partial charge in [0.2, 0.25) is 0 Å². The second kappa shape index (κ2) is 4.23. The van der Waals surface area contributed by atoms with Gasteiger partial charge in [-0.2, -0.15) is 0 Å². The number of carbonyl (C=O) groups is 1. The molecule has 2 N–H and O–H groups in total. The summed E-state index contributed by atoms with van der Waals surface area (Å²) in [6.45, 7) is 6.27. The first-order valence-electron chi connectivity index (χ1n) is 7.00. The van der Waals surface area contributed by atoms with Crippen LogP contribution in [-0.2, 0) is 4.79 Å². The molecule has 5 nitrogen and oxygen atoms in total. The van der Waals surface area contributed by atoms with Gasteiger partial charge in [-0.25, -0.2) is 0 Å². The van der Waals surface area contributed by atoms with E-state index in [0.717, 1.165) is 19.4 Å². The average molecular weight is 250 g/mol. The number of guanidine groups is 1. The van der Waals surface area contributed by atoms with Crippen LogP contribution in [0.25, 0.3) is 0 Å². The predicted octanol–water partition coefficient (Wildman–Crippen LogP) is 0.467. The van der Waals surface area contributed by atoms with Crippen LogP contribution in [0.2, 0.25) is 0 Å². The number of rotatable bonds is 1. The van der Waals surface area contributed by atoms with Gasteiger partial charge in [0.05, 0.1) is 0 Å². The van der Waals surface area contributed by atoms with Crippen LogP contribution in [0.5, 0.6) is 0 Å². The third-order valence-electron chi connectivity index (χ3n) is 4.32. The maximum Gasteiger partial charge on any atom is 0.252 e. The van der Waals surface area contributed by atoms with Crippen LogP contribution in [0.15, 0.2) is 4.99 Å². The van der Waals surface area contributed by atoms with E-state index in [1.54, 1.807) is 0 Å². The molecule has 2 atom stereocenters. The lowest BCUT2D eigenvalue weighted by molar-refractivity contribution is -0.126. The van der Waals surface area contributed by atoms with Crippen LogP contribution in [0, 0.1) is 0 Å². The predicted molar refractivity (Wildman–Crippen MR) is 70.4 cm³/mol. The smallest absolute Gasteiger partial charge is 0.252 e. The third-order valence-corrected chi connectivity index (χ3v) is 4.32. The Morgan fingerprint density at radius 2 is 2.28 bits per heavy atom. The topological polar surface area (TPSA) is 56.7 Å². The zero-order valence-corrected chi connectivity index (χ0v) is 11.2. The van der Waals surface area contributed by atoms with Gasteiger partial charge in [0.15, 0.2) is 5.96 Å². The first-order valence-corrected chi connectivity index (χ1v) is 7.00. The highest BCUT2D eigenvalue weighted by Gasteiger charge is 2.50. The van der Waals surface area contributed by atoms with Gasteiger partial charge in [-0.3, -0.25) is 15.1 Å². The molecule has 3 saturated heterocycles. The monoisotopic (exact) mass is 250 g/mol. The van der Waals surface area contributed by atoms with Crippen LogP contribution in [0.4, 0.5) is 0 Å². The first-order chi connectivity index (χ1) is 8.59. The second-order valence-corrected chi connectivity index (χ2v) is 6.02. The van der Waals surface area contributed by atoms with Crippen LogP contribution < -0.4 is 10.6 Å². The highest BCUT2D eigenvalue weighted by Crippen LogP contribution is 2.34. The fourth-order valence-electron chi connectivity index (χ4n) is 3.44. The van der Waals surface area contributed by atoms with Crippen molar-refractivity contribution in [1.82, 2.24) is 15.5 Å². The largest absolute Gasteiger partial charge is 0.341 e. The Morgan fingerprint density at radius 3 is 3.06 bits per heavy atom. The molecule has 3 aliphatic heterocycles. The molecule has 18 heavy (non-hydrogen) atoms. The highest BCUT2D eigenvalue weighted by molar-refractivity contribution is 6.09. The van der Waals surface area contributed by atoms with Crippen molar-refractivity contribution in [3.63, 3.8) is 0 Å². The molecule has 0 aliphatic carbocycles. The molecule has 1 spiro atoms. The normalized spacial score (nSPS) is 38.3. The number of hydrogen-bond acceptors (Lipinski definition) is 3. The number of piperidine rings is 1. The number of carbonyl (C=O) groups excluding carboxylic acids is 1. The Balaban J connectivity index is 1.77. The van der Waals surface area contributed by atoms with Gasteiger partial charge in [-0.1, -0.05) is 0 Å². The van der Waals surface area contributed by atoms with Crippen molar-refractivity contribution in [1.29, 1.82) is 0 Å². The molecular formula is C13H22N4O. The lowest BCUT2D eigenvalue weighted by atomic mass is 9.83. The SMILES string of the molecule is CC(C)N=C1NC(=O)C2(CCN3CCCC3C2)N1. The molecule has 1 amide bonds. The van der Waals surface area contributed by atoms with Crippen molar-refractivity contribution in [3.05, 3.63) is 0 Å². The molecule has 100 valence electrons. The third kappa shape index (κ3) is 1.90. The fraction of sp³-hybridized carbons (Fsp3) is 0.846. The number of hydrogen-bond donors (Lipinski definition) is 2. The van der Waals surface area contributed by atoms with Crippen molar-refractivity contribution < 1.29 is 4.79 Å². The van der Waals surface area contributed by atoms with Crippen LogP contribution >= 0.6 is 0 Å². The number of fused-ring (bicyclic) bond motifs is 1. The first kappa shape index (κ1) is 12.0. The minimum absolute atomic E-state index is 0.119. The number of nitrogens with zero attached hydrogens (tertiary/aromatic N) is 2. The Kier molecular flexibility index (Phi) is 2.81. The van der Waals surface area contributed by atoms with Gasteiger partial charge >= 0.3 is 0 Å². The summed E-state index contributed by atoms with van der Waals surface area (Å²) < 4.78 is 0. The molecule has 3 heterocycles. The molecule has 3 aliphatic rings. The summed E-state index contributed by atoms with van der Waals surface area (Å²) in [5.74, 6) is 0.787. The maximum atomic E-state index is 12.3. The van der Waals surface area contributed by atoms with E-state index in [2.05, 4.69) is 20.5 Å². The van der Waals surface area contributed by atoms with Gasteiger partial charge in [0.1, 0.15) is 5.54 Å². The molecule has 0 aromatic carbocycles. The van der Waals surface area contributed by atoms with E-state index in [9.17, 15) is 4.79 Å². The van der Waals surface area contributed by atoms with Gasteiger partial charge in [-0.15, -0.1) is 0 Å². The minimum Gasteiger partial charge on any atom is -0.341 e. The Bertz CT molecular complexity index is 392. The maximum absolute atomic E-state index is 12.3. The van der Waals surface area contributed by atoms with Crippen molar-refractivity contribution in [2.24, 2.45) is 4.99 Å². The van der Waals surface area contributed by atoms with Gasteiger partial charge in [-0.05, 0) is 46.1 Å². The van der Waals surface area contributed by atoms with Crippen LogP contribution in [-0.4, -0.2) is 47.5 Å². The average Bonchev–Trinajstić information content (AvgIpc) is 2.84. The zero-order chi connectivity index (χ0) is 12.8. The van der Waals surface area contributed by atoms with E-state index in [0.29, 0.717) is 12.0 Å². The van der Waals surface area contributed by atoms with E-state index >= 15 is 0 Å². The molecule has 3 fully saturated rings. The van der Waals surface area contributed by atoms with Gasteiger partial charge in [0.25, 0.3) is 5.91 Å². The Hall–Kier alpha value is -1.10. The van der Waals surface area contributed by atoms with Crippen LogP contribution in [0.1, 0.15) is 39.5 Å². The molecule has 0 aromatic rings.